The molecule has 4 rings (SSSR count). The van der Waals surface area contributed by atoms with Crippen molar-refractivity contribution in [2.45, 2.75) is 30.5 Å². The summed E-state index contributed by atoms with van der Waals surface area (Å²) in [4.78, 5) is 9.15. The molecule has 0 aliphatic heterocycles. The molecule has 1 unspecified atom stereocenters. The molecule has 0 fully saturated rings. The third-order valence-corrected chi connectivity index (χ3v) is 5.89. The van der Waals surface area contributed by atoms with Gasteiger partial charge in [0, 0.05) is 22.7 Å². The maximum Gasteiger partial charge on any atom is 0.149 e. The number of rotatable bonds is 5. The van der Waals surface area contributed by atoms with E-state index in [-0.39, 0.29) is 5.82 Å². The Kier molecular flexibility index (Phi) is 4.94. The topological polar surface area (TPSA) is 30.7 Å². The van der Waals surface area contributed by atoms with Crippen LogP contribution in [-0.4, -0.2) is 19.8 Å². The molecule has 0 saturated carbocycles. The Labute approximate surface area is 162 Å². The van der Waals surface area contributed by atoms with Crippen LogP contribution >= 0.6 is 11.8 Å². The second kappa shape index (κ2) is 7.53. The van der Waals surface area contributed by atoms with Gasteiger partial charge in [-0.05, 0) is 36.2 Å². The van der Waals surface area contributed by atoms with Crippen LogP contribution in [0.1, 0.15) is 20.3 Å². The van der Waals surface area contributed by atoms with E-state index in [1.165, 1.54) is 12.1 Å². The molecule has 0 aliphatic rings. The summed E-state index contributed by atoms with van der Waals surface area (Å²) < 4.78 is 15.4. The van der Waals surface area contributed by atoms with Gasteiger partial charge in [0.25, 0.3) is 0 Å². The predicted octanol–water partition coefficient (Wildman–Crippen LogP) is 6.12. The van der Waals surface area contributed by atoms with Crippen LogP contribution < -0.4 is 0 Å². The SMILES string of the molecule is CCC(C)Sc1ncnc2c1c(-c1ccccc1)cn2-c1ccc(F)cc1. The van der Waals surface area contributed by atoms with Crippen LogP contribution in [0.3, 0.4) is 0 Å². The highest BCUT2D eigenvalue weighted by atomic mass is 32.2. The van der Waals surface area contributed by atoms with Gasteiger partial charge in [-0.2, -0.15) is 0 Å². The van der Waals surface area contributed by atoms with Crippen LogP contribution in [0.5, 0.6) is 0 Å². The number of hydrogen-bond donors (Lipinski definition) is 0. The predicted molar refractivity (Wildman–Crippen MR) is 110 cm³/mol. The molecule has 0 N–H and O–H groups in total. The average Bonchev–Trinajstić information content (AvgIpc) is 3.10. The smallest absolute Gasteiger partial charge is 0.149 e. The first-order valence-electron chi connectivity index (χ1n) is 9.01. The van der Waals surface area contributed by atoms with Gasteiger partial charge in [-0.15, -0.1) is 11.8 Å². The number of fused-ring (bicyclic) bond motifs is 1. The van der Waals surface area contributed by atoms with E-state index in [0.717, 1.165) is 39.3 Å². The van der Waals surface area contributed by atoms with Gasteiger partial charge < -0.3 is 4.57 Å². The number of halogens is 1. The lowest BCUT2D eigenvalue weighted by atomic mass is 10.1. The molecule has 2 aromatic carbocycles. The summed E-state index contributed by atoms with van der Waals surface area (Å²) in [7, 11) is 0. The molecule has 0 saturated heterocycles. The Hall–Kier alpha value is -2.66. The second-order valence-corrected chi connectivity index (χ2v) is 7.90. The van der Waals surface area contributed by atoms with Gasteiger partial charge in [-0.25, -0.2) is 14.4 Å². The van der Waals surface area contributed by atoms with Crippen molar-refractivity contribution in [2.24, 2.45) is 0 Å². The van der Waals surface area contributed by atoms with Crippen LogP contribution in [0.4, 0.5) is 4.39 Å². The minimum absolute atomic E-state index is 0.249. The minimum atomic E-state index is -0.249. The molecule has 5 heteroatoms. The molecule has 0 amide bonds. The van der Waals surface area contributed by atoms with Crippen molar-refractivity contribution in [1.29, 1.82) is 0 Å². The Morgan fingerprint density at radius 1 is 1.04 bits per heavy atom. The number of benzene rings is 2. The van der Waals surface area contributed by atoms with E-state index in [0.29, 0.717) is 5.25 Å². The molecule has 2 heterocycles. The normalized spacial score (nSPS) is 12.4. The van der Waals surface area contributed by atoms with E-state index < -0.39 is 0 Å². The molecule has 1 atom stereocenters. The standard InChI is InChI=1S/C22H20FN3S/c1-3-15(2)27-22-20-19(16-7-5-4-6-8-16)13-26(21(20)24-14-25-22)18-11-9-17(23)10-12-18/h4-15H,3H2,1-2H3. The molecule has 2 aromatic heterocycles. The number of aromatic nitrogens is 3. The van der Waals surface area contributed by atoms with Gasteiger partial charge in [-0.3, -0.25) is 0 Å². The van der Waals surface area contributed by atoms with Gasteiger partial charge in [0.15, 0.2) is 0 Å². The molecule has 0 spiro atoms. The van der Waals surface area contributed by atoms with Crippen molar-refractivity contribution in [1.82, 2.24) is 14.5 Å². The van der Waals surface area contributed by atoms with Gasteiger partial charge in [0.05, 0.1) is 5.39 Å². The summed E-state index contributed by atoms with van der Waals surface area (Å²) in [6.45, 7) is 4.38. The zero-order valence-corrected chi connectivity index (χ0v) is 16.1. The van der Waals surface area contributed by atoms with Crippen molar-refractivity contribution in [2.75, 3.05) is 0 Å². The van der Waals surface area contributed by atoms with Crippen molar-refractivity contribution < 1.29 is 4.39 Å². The van der Waals surface area contributed by atoms with Crippen molar-refractivity contribution in [3.63, 3.8) is 0 Å². The average molecular weight is 377 g/mol. The van der Waals surface area contributed by atoms with E-state index in [1.807, 2.05) is 22.8 Å². The quantitative estimate of drug-likeness (QED) is 0.310. The molecular formula is C22H20FN3S. The van der Waals surface area contributed by atoms with Crippen molar-refractivity contribution >= 4 is 22.8 Å². The van der Waals surface area contributed by atoms with Crippen molar-refractivity contribution in [3.05, 3.63) is 72.9 Å². The molecule has 0 bridgehead atoms. The van der Waals surface area contributed by atoms with Crippen LogP contribution in [0, 0.1) is 5.82 Å². The maximum atomic E-state index is 13.4. The first-order valence-corrected chi connectivity index (χ1v) is 9.89. The van der Waals surface area contributed by atoms with E-state index >= 15 is 0 Å². The Morgan fingerprint density at radius 3 is 2.48 bits per heavy atom. The third kappa shape index (κ3) is 3.47. The first kappa shape index (κ1) is 17.7. The lowest BCUT2D eigenvalue weighted by Crippen LogP contribution is -1.97. The first-order chi connectivity index (χ1) is 13.2. The van der Waals surface area contributed by atoms with Gasteiger partial charge in [-0.1, -0.05) is 44.2 Å². The summed E-state index contributed by atoms with van der Waals surface area (Å²) in [6.07, 6.45) is 4.75. The monoisotopic (exact) mass is 377 g/mol. The van der Waals surface area contributed by atoms with E-state index in [2.05, 4.69) is 42.1 Å². The Balaban J connectivity index is 1.98. The zero-order chi connectivity index (χ0) is 18.8. The van der Waals surface area contributed by atoms with E-state index in [1.54, 1.807) is 30.2 Å². The molecule has 3 nitrogen and oxygen atoms in total. The molecular weight excluding hydrogens is 357 g/mol. The van der Waals surface area contributed by atoms with E-state index in [4.69, 9.17) is 0 Å². The van der Waals surface area contributed by atoms with Crippen LogP contribution in [-0.2, 0) is 0 Å². The summed E-state index contributed by atoms with van der Waals surface area (Å²) in [5.41, 5.74) is 3.91. The number of hydrogen-bond acceptors (Lipinski definition) is 3. The summed E-state index contributed by atoms with van der Waals surface area (Å²) in [6, 6.07) is 16.7. The highest BCUT2D eigenvalue weighted by Gasteiger charge is 2.18. The molecule has 136 valence electrons. The van der Waals surface area contributed by atoms with Crippen LogP contribution in [0.25, 0.3) is 27.8 Å². The highest BCUT2D eigenvalue weighted by molar-refractivity contribution is 8.00. The van der Waals surface area contributed by atoms with Gasteiger partial charge >= 0.3 is 0 Å². The number of nitrogens with zero attached hydrogens (tertiary/aromatic N) is 3. The highest BCUT2D eigenvalue weighted by Crippen LogP contribution is 2.38. The molecule has 4 aromatic rings. The van der Waals surface area contributed by atoms with Gasteiger partial charge in [0.1, 0.15) is 22.8 Å². The second-order valence-electron chi connectivity index (χ2n) is 6.47. The molecule has 0 aliphatic carbocycles. The summed E-state index contributed by atoms with van der Waals surface area (Å²) in [5.74, 6) is -0.249. The van der Waals surface area contributed by atoms with Crippen molar-refractivity contribution in [3.8, 4) is 16.8 Å². The Morgan fingerprint density at radius 2 is 1.78 bits per heavy atom. The molecule has 0 radical (unpaired) electrons. The van der Waals surface area contributed by atoms with E-state index in [9.17, 15) is 4.39 Å². The fourth-order valence-corrected chi connectivity index (χ4v) is 4.01. The van der Waals surface area contributed by atoms with Gasteiger partial charge in [0.2, 0.25) is 0 Å². The summed E-state index contributed by atoms with van der Waals surface area (Å²) >= 11 is 1.77. The van der Waals surface area contributed by atoms with Crippen LogP contribution in [0.2, 0.25) is 0 Å². The largest absolute Gasteiger partial charge is 0.301 e. The minimum Gasteiger partial charge on any atom is -0.301 e. The number of thioether (sulfide) groups is 1. The summed E-state index contributed by atoms with van der Waals surface area (Å²) in [5, 5.41) is 2.48. The molecule has 27 heavy (non-hydrogen) atoms. The van der Waals surface area contributed by atoms with Crippen LogP contribution in [0.15, 0.2) is 72.1 Å². The fraction of sp³-hybridized carbons (Fsp3) is 0.182. The third-order valence-electron chi connectivity index (χ3n) is 4.63. The maximum absolute atomic E-state index is 13.4. The fourth-order valence-electron chi connectivity index (χ4n) is 3.03. The lowest BCUT2D eigenvalue weighted by Gasteiger charge is -2.10. The Bertz CT molecular complexity index is 1060. The lowest BCUT2D eigenvalue weighted by molar-refractivity contribution is 0.627. The zero-order valence-electron chi connectivity index (χ0n) is 15.3.